The molecule has 2 aromatic carbocycles. The molecule has 5 N–H and O–H groups in total. The zero-order valence-corrected chi connectivity index (χ0v) is 14.7. The van der Waals surface area contributed by atoms with Gasteiger partial charge in [-0.2, -0.15) is 0 Å². The Bertz CT molecular complexity index is 774. The van der Waals surface area contributed by atoms with E-state index < -0.39 is 0 Å². The third kappa shape index (κ3) is 4.45. The number of rotatable bonds is 5. The van der Waals surface area contributed by atoms with Crippen molar-refractivity contribution in [1.82, 2.24) is 9.97 Å². The number of fused-ring (bicyclic) bond motifs is 1. The number of aromatic nitrogens is 2. The minimum Gasteiger partial charge on any atom is -0.341 e. The first-order chi connectivity index (χ1) is 10.7. The standard InChI is InChI=1S/C17H19FN4.2ClH/c18-13-6-3-11(4-7-13)12-5-8-15-16(10-12)22-17(21-15)14(20)2-1-9-19;;/h3-8,10,14H,1-2,9,19-20H2,(H,21,22);2*1H/t14-;;/m0../s1. The van der Waals surface area contributed by atoms with Gasteiger partial charge in [0.1, 0.15) is 11.6 Å². The average Bonchev–Trinajstić information content (AvgIpc) is 2.96. The first-order valence-corrected chi connectivity index (χ1v) is 7.38. The smallest absolute Gasteiger partial charge is 0.124 e. The van der Waals surface area contributed by atoms with Gasteiger partial charge in [0.2, 0.25) is 0 Å². The molecule has 1 aromatic heterocycles. The molecule has 7 heteroatoms. The fourth-order valence-corrected chi connectivity index (χ4v) is 2.50. The predicted octanol–water partition coefficient (Wildman–Crippen LogP) is 3.95. The fourth-order valence-electron chi connectivity index (χ4n) is 2.50. The van der Waals surface area contributed by atoms with Crippen LogP contribution in [0, 0.1) is 5.82 Å². The lowest BCUT2D eigenvalue weighted by atomic mass is 10.1. The first-order valence-electron chi connectivity index (χ1n) is 7.38. The van der Waals surface area contributed by atoms with Crippen LogP contribution in [0.5, 0.6) is 0 Å². The normalized spacial score (nSPS) is 11.6. The van der Waals surface area contributed by atoms with Crippen LogP contribution in [0.2, 0.25) is 0 Å². The van der Waals surface area contributed by atoms with Crippen molar-refractivity contribution >= 4 is 35.8 Å². The predicted molar refractivity (Wildman–Crippen MR) is 101 cm³/mol. The summed E-state index contributed by atoms with van der Waals surface area (Å²) in [6, 6.07) is 12.2. The van der Waals surface area contributed by atoms with Crippen LogP contribution >= 0.6 is 24.8 Å². The number of hydrogen-bond acceptors (Lipinski definition) is 3. The largest absolute Gasteiger partial charge is 0.341 e. The average molecular weight is 371 g/mol. The van der Waals surface area contributed by atoms with Crippen molar-refractivity contribution in [2.75, 3.05) is 6.54 Å². The molecule has 3 aromatic rings. The minimum atomic E-state index is -0.238. The lowest BCUT2D eigenvalue weighted by molar-refractivity contribution is 0.594. The van der Waals surface area contributed by atoms with Crippen LogP contribution in [-0.2, 0) is 0 Å². The number of hydrogen-bond donors (Lipinski definition) is 3. The molecule has 0 aliphatic rings. The van der Waals surface area contributed by atoms with Crippen LogP contribution < -0.4 is 11.5 Å². The highest BCUT2D eigenvalue weighted by Gasteiger charge is 2.11. The molecule has 0 radical (unpaired) electrons. The molecule has 0 saturated carbocycles. The number of halogens is 3. The molecule has 0 saturated heterocycles. The van der Waals surface area contributed by atoms with E-state index in [0.29, 0.717) is 6.54 Å². The van der Waals surface area contributed by atoms with Gasteiger partial charge in [0.15, 0.2) is 0 Å². The van der Waals surface area contributed by atoms with E-state index in [1.54, 1.807) is 12.1 Å². The number of nitrogens with one attached hydrogen (secondary N) is 1. The van der Waals surface area contributed by atoms with E-state index in [1.807, 2.05) is 18.2 Å². The van der Waals surface area contributed by atoms with Crippen molar-refractivity contribution in [3.8, 4) is 11.1 Å². The summed E-state index contributed by atoms with van der Waals surface area (Å²) >= 11 is 0. The van der Waals surface area contributed by atoms with Gasteiger partial charge in [-0.25, -0.2) is 9.37 Å². The van der Waals surface area contributed by atoms with Gasteiger partial charge in [-0.1, -0.05) is 18.2 Å². The zero-order valence-electron chi connectivity index (χ0n) is 13.0. The molecule has 0 bridgehead atoms. The minimum absolute atomic E-state index is 0. The summed E-state index contributed by atoms with van der Waals surface area (Å²) in [6.07, 6.45) is 1.68. The molecular formula is C17H21Cl2FN4. The number of nitrogens with two attached hydrogens (primary N) is 2. The Kier molecular flexibility index (Phi) is 7.63. The molecule has 0 amide bonds. The Morgan fingerprint density at radius 2 is 1.71 bits per heavy atom. The van der Waals surface area contributed by atoms with Crippen LogP contribution in [0.15, 0.2) is 42.5 Å². The highest BCUT2D eigenvalue weighted by molar-refractivity contribution is 5.85. The van der Waals surface area contributed by atoms with Crippen molar-refractivity contribution < 1.29 is 4.39 Å². The summed E-state index contributed by atoms with van der Waals surface area (Å²) in [5, 5.41) is 0. The number of H-pyrrole nitrogens is 1. The molecule has 1 atom stereocenters. The van der Waals surface area contributed by atoms with E-state index in [-0.39, 0.29) is 36.7 Å². The SMILES string of the molecule is Cl.Cl.NCCC[C@H](N)c1nc2cc(-c3ccc(F)cc3)ccc2[nH]1. The lowest BCUT2D eigenvalue weighted by Crippen LogP contribution is -2.13. The van der Waals surface area contributed by atoms with Gasteiger partial charge in [-0.05, 0) is 54.8 Å². The lowest BCUT2D eigenvalue weighted by Gasteiger charge is -2.06. The molecule has 1 heterocycles. The molecular weight excluding hydrogens is 350 g/mol. The number of nitrogens with zero attached hydrogens (tertiary/aromatic N) is 1. The summed E-state index contributed by atoms with van der Waals surface area (Å²) in [7, 11) is 0. The number of benzene rings is 2. The maximum Gasteiger partial charge on any atom is 0.124 e. The van der Waals surface area contributed by atoms with E-state index in [9.17, 15) is 4.39 Å². The summed E-state index contributed by atoms with van der Waals surface area (Å²) in [4.78, 5) is 7.83. The van der Waals surface area contributed by atoms with Gasteiger partial charge in [0.05, 0.1) is 17.1 Å². The summed E-state index contributed by atoms with van der Waals surface area (Å²) < 4.78 is 13.0. The number of aromatic amines is 1. The molecule has 3 rings (SSSR count). The number of imidazole rings is 1. The van der Waals surface area contributed by atoms with Gasteiger partial charge >= 0.3 is 0 Å². The molecule has 0 spiro atoms. The van der Waals surface area contributed by atoms with E-state index in [0.717, 1.165) is 40.8 Å². The van der Waals surface area contributed by atoms with E-state index in [4.69, 9.17) is 11.5 Å². The van der Waals surface area contributed by atoms with E-state index >= 15 is 0 Å². The molecule has 0 aliphatic heterocycles. The summed E-state index contributed by atoms with van der Waals surface area (Å²) in [5.41, 5.74) is 15.4. The first kappa shape index (κ1) is 20.4. The van der Waals surface area contributed by atoms with E-state index in [2.05, 4.69) is 9.97 Å². The highest BCUT2D eigenvalue weighted by Crippen LogP contribution is 2.25. The Labute approximate surface area is 152 Å². The van der Waals surface area contributed by atoms with Crippen molar-refractivity contribution in [2.24, 2.45) is 11.5 Å². The monoisotopic (exact) mass is 370 g/mol. The zero-order chi connectivity index (χ0) is 15.5. The van der Waals surface area contributed by atoms with Gasteiger partial charge in [0.25, 0.3) is 0 Å². The van der Waals surface area contributed by atoms with Crippen LogP contribution in [0.1, 0.15) is 24.7 Å². The van der Waals surface area contributed by atoms with Crippen molar-refractivity contribution in [2.45, 2.75) is 18.9 Å². The van der Waals surface area contributed by atoms with Gasteiger partial charge in [-0.15, -0.1) is 24.8 Å². The van der Waals surface area contributed by atoms with Crippen LogP contribution in [0.25, 0.3) is 22.2 Å². The van der Waals surface area contributed by atoms with Crippen molar-refractivity contribution in [3.05, 3.63) is 54.1 Å². The Balaban J connectivity index is 0.00000144. The van der Waals surface area contributed by atoms with Gasteiger partial charge in [-0.3, -0.25) is 0 Å². The summed E-state index contributed by atoms with van der Waals surface area (Å²) in [6.45, 7) is 0.628. The Hall–Kier alpha value is -1.66. The maximum atomic E-state index is 13.0. The quantitative estimate of drug-likeness (QED) is 0.635. The van der Waals surface area contributed by atoms with Gasteiger partial charge in [0, 0.05) is 0 Å². The third-order valence-electron chi connectivity index (χ3n) is 3.75. The molecule has 24 heavy (non-hydrogen) atoms. The second kappa shape index (κ2) is 8.99. The molecule has 130 valence electrons. The molecule has 0 unspecified atom stereocenters. The summed E-state index contributed by atoms with van der Waals surface area (Å²) in [5.74, 6) is 0.539. The molecule has 0 aliphatic carbocycles. The van der Waals surface area contributed by atoms with Crippen molar-refractivity contribution in [1.29, 1.82) is 0 Å². The maximum absolute atomic E-state index is 13.0. The Morgan fingerprint density at radius 1 is 1.04 bits per heavy atom. The van der Waals surface area contributed by atoms with Crippen molar-refractivity contribution in [3.63, 3.8) is 0 Å². The highest BCUT2D eigenvalue weighted by atomic mass is 35.5. The molecule has 0 fully saturated rings. The Morgan fingerprint density at radius 3 is 2.38 bits per heavy atom. The third-order valence-corrected chi connectivity index (χ3v) is 3.75. The van der Waals surface area contributed by atoms with E-state index in [1.165, 1.54) is 12.1 Å². The van der Waals surface area contributed by atoms with Gasteiger partial charge < -0.3 is 16.5 Å². The topological polar surface area (TPSA) is 80.7 Å². The van der Waals surface area contributed by atoms with Crippen LogP contribution in [0.4, 0.5) is 4.39 Å². The second-order valence-corrected chi connectivity index (χ2v) is 5.40. The fraction of sp³-hybridized carbons (Fsp3) is 0.235. The molecule has 4 nitrogen and oxygen atoms in total. The second-order valence-electron chi connectivity index (χ2n) is 5.40. The van der Waals surface area contributed by atoms with Crippen LogP contribution in [-0.4, -0.2) is 16.5 Å². The van der Waals surface area contributed by atoms with Crippen LogP contribution in [0.3, 0.4) is 0 Å².